The second-order valence-electron chi connectivity index (χ2n) is 7.13. The Morgan fingerprint density at radius 2 is 2.06 bits per heavy atom. The molecule has 0 fully saturated rings. The molecule has 3 heterocycles. The van der Waals surface area contributed by atoms with E-state index in [0.717, 1.165) is 37.9 Å². The van der Waals surface area contributed by atoms with Gasteiger partial charge in [0.1, 0.15) is 18.2 Å². The van der Waals surface area contributed by atoms with E-state index in [1.54, 1.807) is 33.9 Å². The predicted molar refractivity (Wildman–Crippen MR) is 127 cm³/mol. The number of anilines is 1. The number of benzene rings is 2. The number of hydrogen-bond donors (Lipinski definition) is 1. The molecule has 1 atom stereocenters. The molecular weight excluding hydrogens is 428 g/mol. The first-order chi connectivity index (χ1) is 15.1. The Kier molecular flexibility index (Phi) is 5.25. The molecule has 4 aromatic rings. The minimum atomic E-state index is -0.0399. The van der Waals surface area contributed by atoms with E-state index in [0.29, 0.717) is 18.2 Å². The quantitative estimate of drug-likeness (QED) is 0.429. The first kappa shape index (κ1) is 19.8. The molecule has 1 N–H and O–H groups in total. The summed E-state index contributed by atoms with van der Waals surface area (Å²) in [6.07, 6.45) is 1.72. The molecule has 0 aliphatic carbocycles. The zero-order valence-corrected chi connectivity index (χ0v) is 18.5. The molecule has 1 unspecified atom stereocenters. The van der Waals surface area contributed by atoms with Gasteiger partial charge in [0.15, 0.2) is 0 Å². The third-order valence-corrected chi connectivity index (χ3v) is 7.30. The number of carbonyl (C=O) groups excluding carboxylic acids is 1. The van der Waals surface area contributed by atoms with Gasteiger partial charge in [-0.2, -0.15) is 9.78 Å². The molecule has 31 heavy (non-hydrogen) atoms. The number of amides is 1. The monoisotopic (exact) mass is 448 g/mol. The summed E-state index contributed by atoms with van der Waals surface area (Å²) < 4.78 is 8.46. The van der Waals surface area contributed by atoms with E-state index < -0.39 is 0 Å². The van der Waals surface area contributed by atoms with Gasteiger partial charge in [-0.3, -0.25) is 4.79 Å². The number of ether oxygens (including phenoxy) is 1. The third kappa shape index (κ3) is 3.73. The van der Waals surface area contributed by atoms with E-state index in [9.17, 15) is 4.79 Å². The van der Waals surface area contributed by atoms with Gasteiger partial charge in [-0.05, 0) is 36.8 Å². The zero-order chi connectivity index (χ0) is 21.4. The Balaban J connectivity index is 1.58. The van der Waals surface area contributed by atoms with E-state index >= 15 is 0 Å². The molecular formula is C23H20N4O2S2. The number of aryl methyl sites for hydroxylation is 1. The Hall–Kier alpha value is -3.10. The second kappa shape index (κ2) is 8.20. The van der Waals surface area contributed by atoms with Gasteiger partial charge < -0.3 is 10.1 Å². The van der Waals surface area contributed by atoms with Crippen LogP contribution in [0.2, 0.25) is 0 Å². The van der Waals surface area contributed by atoms with Crippen molar-refractivity contribution in [2.24, 2.45) is 0 Å². The second-order valence-corrected chi connectivity index (χ2v) is 9.23. The largest absolute Gasteiger partial charge is 0.490 e. The summed E-state index contributed by atoms with van der Waals surface area (Å²) in [5.74, 6) is 1.82. The number of aromatic nitrogens is 3. The van der Waals surface area contributed by atoms with Gasteiger partial charge in [0, 0.05) is 5.56 Å². The number of hydrogen-bond acceptors (Lipinski definition) is 6. The van der Waals surface area contributed by atoms with Gasteiger partial charge in [-0.25, -0.2) is 4.98 Å². The number of nitrogens with one attached hydrogen (secondary N) is 1. The summed E-state index contributed by atoms with van der Waals surface area (Å²) in [5, 5.41) is 8.55. The number of nitrogens with zero attached hydrogens (tertiary/aromatic N) is 3. The smallest absolute Gasteiger partial charge is 0.235 e. The topological polar surface area (TPSA) is 69.0 Å². The number of thiazole rings is 1. The summed E-state index contributed by atoms with van der Waals surface area (Å²) in [4.78, 5) is 17.3. The molecule has 8 heteroatoms. The van der Waals surface area contributed by atoms with Crippen molar-refractivity contribution in [1.82, 2.24) is 14.8 Å². The van der Waals surface area contributed by atoms with Crippen LogP contribution >= 0.6 is 23.1 Å². The fourth-order valence-electron chi connectivity index (χ4n) is 3.63. The Labute approximate surface area is 188 Å². The Morgan fingerprint density at radius 3 is 2.84 bits per heavy atom. The van der Waals surface area contributed by atoms with Crippen molar-refractivity contribution >= 4 is 45.0 Å². The van der Waals surface area contributed by atoms with Gasteiger partial charge in [0.2, 0.25) is 11.0 Å². The summed E-state index contributed by atoms with van der Waals surface area (Å²) in [7, 11) is 0. The molecule has 0 radical (unpaired) electrons. The molecule has 2 aromatic heterocycles. The lowest BCUT2D eigenvalue weighted by Crippen LogP contribution is -2.15. The van der Waals surface area contributed by atoms with Gasteiger partial charge in [-0.15, -0.1) is 11.8 Å². The SMILES string of the molecule is C=CCOc1ccc(C2SCC(=O)Nc3c2c(C)nn3-c2nc3ccccc3s2)cc1. The van der Waals surface area contributed by atoms with Crippen LogP contribution in [0.3, 0.4) is 0 Å². The van der Waals surface area contributed by atoms with Crippen LogP contribution < -0.4 is 10.1 Å². The molecule has 1 amide bonds. The molecule has 6 nitrogen and oxygen atoms in total. The molecule has 0 bridgehead atoms. The van der Waals surface area contributed by atoms with Crippen LogP contribution in [0.5, 0.6) is 5.75 Å². The van der Waals surface area contributed by atoms with Crippen molar-refractivity contribution in [3.05, 3.63) is 78.0 Å². The summed E-state index contributed by atoms with van der Waals surface area (Å²) >= 11 is 3.16. The van der Waals surface area contributed by atoms with E-state index in [2.05, 4.69) is 11.9 Å². The first-order valence-corrected chi connectivity index (χ1v) is 11.7. The summed E-state index contributed by atoms with van der Waals surface area (Å²) in [5.41, 5.74) is 3.90. The fraction of sp³-hybridized carbons (Fsp3) is 0.174. The molecule has 0 saturated carbocycles. The maximum atomic E-state index is 12.5. The minimum absolute atomic E-state index is 0.0227. The molecule has 2 aromatic carbocycles. The molecule has 0 saturated heterocycles. The van der Waals surface area contributed by atoms with Gasteiger partial charge in [0.05, 0.1) is 26.9 Å². The first-order valence-electron chi connectivity index (χ1n) is 9.84. The van der Waals surface area contributed by atoms with Gasteiger partial charge in [0.25, 0.3) is 0 Å². The lowest BCUT2D eigenvalue weighted by atomic mass is 10.0. The molecule has 1 aliphatic rings. The van der Waals surface area contributed by atoms with Crippen LogP contribution in [0.15, 0.2) is 61.2 Å². The highest BCUT2D eigenvalue weighted by Crippen LogP contribution is 2.44. The van der Waals surface area contributed by atoms with Crippen molar-refractivity contribution in [1.29, 1.82) is 0 Å². The van der Waals surface area contributed by atoms with Crippen LogP contribution in [0.4, 0.5) is 5.82 Å². The zero-order valence-electron chi connectivity index (χ0n) is 16.9. The van der Waals surface area contributed by atoms with Crippen molar-refractivity contribution in [2.45, 2.75) is 12.2 Å². The fourth-order valence-corrected chi connectivity index (χ4v) is 5.74. The standard InChI is InChI=1S/C23H20N4O2S2/c1-3-12-29-16-10-8-15(9-11-16)21-20-14(2)26-27(22(20)25-19(28)13-30-21)23-24-17-6-4-5-7-18(17)31-23/h3-11,21H,1,12-13H2,2H3,(H,25,28). The van der Waals surface area contributed by atoms with E-state index in [-0.39, 0.29) is 11.2 Å². The lowest BCUT2D eigenvalue weighted by molar-refractivity contribution is -0.113. The van der Waals surface area contributed by atoms with E-state index in [4.69, 9.17) is 14.8 Å². The highest BCUT2D eigenvalue weighted by Gasteiger charge is 2.31. The average Bonchev–Trinajstić information content (AvgIpc) is 3.29. The van der Waals surface area contributed by atoms with Crippen molar-refractivity contribution < 1.29 is 9.53 Å². The average molecular weight is 449 g/mol. The van der Waals surface area contributed by atoms with Crippen LogP contribution in [-0.2, 0) is 4.79 Å². The van der Waals surface area contributed by atoms with Crippen LogP contribution in [0.1, 0.15) is 22.1 Å². The number of fused-ring (bicyclic) bond motifs is 2. The van der Waals surface area contributed by atoms with Crippen LogP contribution in [0.25, 0.3) is 15.3 Å². The van der Waals surface area contributed by atoms with E-state index in [1.807, 2.05) is 55.5 Å². The van der Waals surface area contributed by atoms with E-state index in [1.165, 1.54) is 0 Å². The summed E-state index contributed by atoms with van der Waals surface area (Å²) in [6, 6.07) is 16.0. The van der Waals surface area contributed by atoms with Crippen molar-refractivity contribution in [3.63, 3.8) is 0 Å². The predicted octanol–water partition coefficient (Wildman–Crippen LogP) is 5.13. The van der Waals surface area contributed by atoms with Crippen LogP contribution in [-0.4, -0.2) is 33.0 Å². The molecule has 1 aliphatic heterocycles. The maximum Gasteiger partial charge on any atom is 0.235 e. The third-order valence-electron chi connectivity index (χ3n) is 5.02. The Bertz CT molecular complexity index is 1240. The number of rotatable bonds is 5. The summed E-state index contributed by atoms with van der Waals surface area (Å²) in [6.45, 7) is 6.13. The molecule has 5 rings (SSSR count). The molecule has 156 valence electrons. The molecule has 0 spiro atoms. The van der Waals surface area contributed by atoms with Crippen molar-refractivity contribution in [3.8, 4) is 10.9 Å². The normalized spacial score (nSPS) is 15.9. The lowest BCUT2D eigenvalue weighted by Gasteiger charge is -2.16. The van der Waals surface area contributed by atoms with Crippen molar-refractivity contribution in [2.75, 3.05) is 17.7 Å². The van der Waals surface area contributed by atoms with Gasteiger partial charge in [-0.1, -0.05) is 48.3 Å². The number of carbonyl (C=O) groups is 1. The van der Waals surface area contributed by atoms with Gasteiger partial charge >= 0.3 is 0 Å². The number of thioether (sulfide) groups is 1. The minimum Gasteiger partial charge on any atom is -0.490 e. The highest BCUT2D eigenvalue weighted by atomic mass is 32.2. The maximum absolute atomic E-state index is 12.5. The highest BCUT2D eigenvalue weighted by molar-refractivity contribution is 8.00. The van der Waals surface area contributed by atoms with Crippen LogP contribution in [0, 0.1) is 6.92 Å². The number of para-hydroxylation sites is 1. The Morgan fingerprint density at radius 1 is 1.26 bits per heavy atom.